The van der Waals surface area contributed by atoms with Crippen molar-refractivity contribution in [2.75, 3.05) is 19.6 Å². The lowest BCUT2D eigenvalue weighted by Crippen LogP contribution is -2.65. The minimum atomic E-state index is -4.12. The van der Waals surface area contributed by atoms with E-state index in [0.29, 0.717) is 19.0 Å². The second-order valence-corrected chi connectivity index (χ2v) is 6.13. The van der Waals surface area contributed by atoms with Crippen molar-refractivity contribution in [2.24, 2.45) is 5.92 Å². The molecule has 1 saturated heterocycles. The lowest BCUT2D eigenvalue weighted by Gasteiger charge is -2.50. The van der Waals surface area contributed by atoms with Crippen molar-refractivity contribution >= 4 is 0 Å². The Hall–Kier alpha value is -0.290. The molecule has 0 aromatic heterocycles. The van der Waals surface area contributed by atoms with Gasteiger partial charge < -0.3 is 5.32 Å². The number of piperazine rings is 1. The predicted molar refractivity (Wildman–Crippen MR) is 72.2 cm³/mol. The van der Waals surface area contributed by atoms with Gasteiger partial charge in [-0.05, 0) is 25.2 Å². The highest BCUT2D eigenvalue weighted by Gasteiger charge is 2.44. The van der Waals surface area contributed by atoms with E-state index in [-0.39, 0.29) is 11.6 Å². The molecule has 1 rings (SSSR count). The molecule has 1 heterocycles. The maximum atomic E-state index is 12.8. The van der Waals surface area contributed by atoms with Crippen LogP contribution in [0.2, 0.25) is 0 Å². The minimum absolute atomic E-state index is 0.175. The molecule has 0 saturated carbocycles. The van der Waals surface area contributed by atoms with Gasteiger partial charge in [0.2, 0.25) is 0 Å². The van der Waals surface area contributed by atoms with E-state index in [4.69, 9.17) is 0 Å². The maximum absolute atomic E-state index is 12.8. The summed E-state index contributed by atoms with van der Waals surface area (Å²) in [4.78, 5) is 1.66. The Labute approximate surface area is 114 Å². The largest absolute Gasteiger partial charge is 0.401 e. The van der Waals surface area contributed by atoms with Crippen molar-refractivity contribution in [3.05, 3.63) is 0 Å². The van der Waals surface area contributed by atoms with Gasteiger partial charge in [0.1, 0.15) is 0 Å². The fraction of sp³-hybridized carbons (Fsp3) is 1.00. The number of hydrogen-bond donors (Lipinski definition) is 1. The first-order valence-electron chi connectivity index (χ1n) is 7.27. The topological polar surface area (TPSA) is 15.3 Å². The zero-order chi connectivity index (χ0) is 14.7. The first-order chi connectivity index (χ1) is 8.72. The van der Waals surface area contributed by atoms with Crippen LogP contribution in [0.5, 0.6) is 0 Å². The van der Waals surface area contributed by atoms with Gasteiger partial charge in [-0.2, -0.15) is 13.2 Å². The quantitative estimate of drug-likeness (QED) is 0.830. The average Bonchev–Trinajstić information content (AvgIpc) is 2.27. The summed E-state index contributed by atoms with van der Waals surface area (Å²) in [6.45, 7) is 8.56. The Kier molecular flexibility index (Phi) is 5.68. The SMILES string of the molecule is CCC1(CC)CNC(CC(C)C)CN1CC(F)(F)F. The third-order valence-electron chi connectivity index (χ3n) is 4.27. The number of hydrogen-bond acceptors (Lipinski definition) is 2. The second-order valence-electron chi connectivity index (χ2n) is 6.13. The molecule has 1 unspecified atom stereocenters. The first-order valence-corrected chi connectivity index (χ1v) is 7.27. The van der Waals surface area contributed by atoms with Crippen LogP contribution in [-0.4, -0.2) is 42.3 Å². The Morgan fingerprint density at radius 2 is 1.84 bits per heavy atom. The van der Waals surface area contributed by atoms with Crippen LogP contribution in [0.4, 0.5) is 13.2 Å². The van der Waals surface area contributed by atoms with Gasteiger partial charge in [0.05, 0.1) is 6.54 Å². The first kappa shape index (κ1) is 16.8. The second kappa shape index (κ2) is 6.44. The van der Waals surface area contributed by atoms with Crippen LogP contribution in [0.1, 0.15) is 47.0 Å². The van der Waals surface area contributed by atoms with Crippen LogP contribution >= 0.6 is 0 Å². The van der Waals surface area contributed by atoms with E-state index < -0.39 is 12.7 Å². The number of rotatable bonds is 5. The molecule has 114 valence electrons. The molecule has 0 aromatic carbocycles. The lowest BCUT2D eigenvalue weighted by molar-refractivity contribution is -0.165. The summed E-state index contributed by atoms with van der Waals surface area (Å²) in [7, 11) is 0. The molecule has 0 aliphatic carbocycles. The molecule has 0 aromatic rings. The van der Waals surface area contributed by atoms with Crippen LogP contribution in [0.25, 0.3) is 0 Å². The summed E-state index contributed by atoms with van der Waals surface area (Å²) in [6, 6.07) is 0.175. The average molecular weight is 280 g/mol. The number of nitrogens with one attached hydrogen (secondary N) is 1. The molecule has 0 radical (unpaired) electrons. The highest BCUT2D eigenvalue weighted by molar-refractivity contribution is 4.98. The summed E-state index contributed by atoms with van der Waals surface area (Å²) < 4.78 is 38.4. The monoisotopic (exact) mass is 280 g/mol. The third kappa shape index (κ3) is 4.63. The van der Waals surface area contributed by atoms with Gasteiger partial charge >= 0.3 is 6.18 Å². The van der Waals surface area contributed by atoms with Gasteiger partial charge in [-0.3, -0.25) is 4.90 Å². The van der Waals surface area contributed by atoms with Gasteiger partial charge in [-0.1, -0.05) is 27.7 Å². The molecule has 1 fully saturated rings. The molecule has 1 aliphatic heterocycles. The van der Waals surface area contributed by atoms with E-state index >= 15 is 0 Å². The van der Waals surface area contributed by atoms with Gasteiger partial charge in [0.15, 0.2) is 0 Å². The summed E-state index contributed by atoms with van der Waals surface area (Å²) in [5.74, 6) is 0.501. The van der Waals surface area contributed by atoms with Crippen LogP contribution in [-0.2, 0) is 0 Å². The zero-order valence-corrected chi connectivity index (χ0v) is 12.5. The number of alkyl halides is 3. The molecule has 2 nitrogen and oxygen atoms in total. The van der Waals surface area contributed by atoms with Gasteiger partial charge in [-0.25, -0.2) is 0 Å². The smallest absolute Gasteiger partial charge is 0.311 e. The van der Waals surface area contributed by atoms with Crippen molar-refractivity contribution in [1.29, 1.82) is 0 Å². The molecule has 0 bridgehead atoms. The van der Waals surface area contributed by atoms with Gasteiger partial charge in [-0.15, -0.1) is 0 Å². The van der Waals surface area contributed by atoms with E-state index in [2.05, 4.69) is 19.2 Å². The highest BCUT2D eigenvalue weighted by atomic mass is 19.4. The van der Waals surface area contributed by atoms with E-state index in [1.807, 2.05) is 13.8 Å². The van der Waals surface area contributed by atoms with E-state index in [1.165, 1.54) is 0 Å². The van der Waals surface area contributed by atoms with Crippen LogP contribution in [0.15, 0.2) is 0 Å². The maximum Gasteiger partial charge on any atom is 0.401 e. The van der Waals surface area contributed by atoms with E-state index in [0.717, 1.165) is 19.3 Å². The molecular weight excluding hydrogens is 253 g/mol. The molecular formula is C14H27F3N2. The fourth-order valence-electron chi connectivity index (χ4n) is 3.09. The van der Waals surface area contributed by atoms with Crippen LogP contribution < -0.4 is 5.32 Å². The molecule has 5 heteroatoms. The third-order valence-corrected chi connectivity index (χ3v) is 4.27. The summed E-state index contributed by atoms with van der Waals surface area (Å²) in [5, 5.41) is 3.45. The minimum Gasteiger partial charge on any atom is -0.311 e. The lowest BCUT2D eigenvalue weighted by atomic mass is 9.86. The summed E-state index contributed by atoms with van der Waals surface area (Å²) in [5.41, 5.74) is -0.344. The van der Waals surface area contributed by atoms with Crippen molar-refractivity contribution in [3.8, 4) is 0 Å². The Bertz CT molecular complexity index is 272. The van der Waals surface area contributed by atoms with Gasteiger partial charge in [0.25, 0.3) is 0 Å². The molecule has 0 amide bonds. The molecule has 19 heavy (non-hydrogen) atoms. The van der Waals surface area contributed by atoms with Crippen LogP contribution in [0.3, 0.4) is 0 Å². The Morgan fingerprint density at radius 3 is 2.26 bits per heavy atom. The van der Waals surface area contributed by atoms with Gasteiger partial charge in [0, 0.05) is 24.7 Å². The molecule has 0 spiro atoms. The van der Waals surface area contributed by atoms with Crippen molar-refractivity contribution in [3.63, 3.8) is 0 Å². The van der Waals surface area contributed by atoms with Crippen molar-refractivity contribution in [2.45, 2.75) is 64.7 Å². The molecule has 1 atom stereocenters. The summed E-state index contributed by atoms with van der Waals surface area (Å²) in [6.07, 6.45) is -1.69. The number of nitrogens with zero attached hydrogens (tertiary/aromatic N) is 1. The Morgan fingerprint density at radius 1 is 1.26 bits per heavy atom. The predicted octanol–water partition coefficient (Wildman–Crippen LogP) is 3.43. The Balaban J connectivity index is 2.80. The van der Waals surface area contributed by atoms with E-state index in [9.17, 15) is 13.2 Å². The van der Waals surface area contributed by atoms with Crippen molar-refractivity contribution < 1.29 is 13.2 Å². The summed E-state index contributed by atoms with van der Waals surface area (Å²) >= 11 is 0. The van der Waals surface area contributed by atoms with Crippen molar-refractivity contribution in [1.82, 2.24) is 10.2 Å². The normalized spacial score (nSPS) is 24.9. The fourth-order valence-corrected chi connectivity index (χ4v) is 3.09. The van der Waals surface area contributed by atoms with E-state index in [1.54, 1.807) is 4.90 Å². The number of halogens is 3. The molecule has 1 aliphatic rings. The van der Waals surface area contributed by atoms with Crippen LogP contribution in [0, 0.1) is 5.92 Å². The zero-order valence-electron chi connectivity index (χ0n) is 12.5. The standard InChI is InChI=1S/C14H27F3N2/c1-5-13(6-2)9-18-12(7-11(3)4)8-19(13)10-14(15,16)17/h11-12,18H,5-10H2,1-4H3. The highest BCUT2D eigenvalue weighted by Crippen LogP contribution is 2.31. The molecule has 1 N–H and O–H groups in total.